The molecule has 0 N–H and O–H groups in total. The minimum absolute atomic E-state index is 0.00973. The first-order valence-corrected chi connectivity index (χ1v) is 26.0. The molecule has 0 unspecified atom stereocenters. The van der Waals surface area contributed by atoms with Gasteiger partial charge >= 0.3 is 0 Å². The predicted molar refractivity (Wildman–Crippen MR) is 273 cm³/mol. The molecule has 0 saturated carbocycles. The fourth-order valence-electron chi connectivity index (χ4n) is 10.2. The third-order valence-corrected chi connectivity index (χ3v) is 16.1. The summed E-state index contributed by atoms with van der Waals surface area (Å²) < 4.78 is 0. The van der Waals surface area contributed by atoms with Crippen molar-refractivity contribution in [1.82, 2.24) is 9.80 Å². The van der Waals surface area contributed by atoms with Gasteiger partial charge in [0, 0.05) is 49.2 Å². The predicted octanol–water partition coefficient (Wildman–Crippen LogP) is 14.1. The Morgan fingerprint density at radius 1 is 0.522 bits per heavy atom. The summed E-state index contributed by atoms with van der Waals surface area (Å²) in [6.07, 6.45) is 20.3. The molecule has 4 aromatic rings. The van der Waals surface area contributed by atoms with E-state index in [9.17, 15) is 29.7 Å². The minimum Gasteiger partial charge on any atom is -0.274 e. The van der Waals surface area contributed by atoms with Gasteiger partial charge in [-0.3, -0.25) is 29.0 Å². The van der Waals surface area contributed by atoms with Gasteiger partial charge in [-0.05, 0) is 134 Å². The highest BCUT2D eigenvalue weighted by molar-refractivity contribution is 7.16. The average Bonchev–Trinajstić information content (AvgIpc) is 4.07. The van der Waals surface area contributed by atoms with E-state index in [2.05, 4.69) is 62.4 Å². The number of rotatable bonds is 20. The zero-order valence-electron chi connectivity index (χ0n) is 40.0. The Bertz CT molecular complexity index is 2610. The first-order valence-electron chi connectivity index (χ1n) is 24.3. The molecule has 2 aliphatic heterocycles. The Morgan fingerprint density at radius 3 is 1.28 bits per heavy atom. The van der Waals surface area contributed by atoms with Gasteiger partial charge in [0.1, 0.15) is 23.3 Å². The SMILES string of the molecule is CCCCCCCCC1(CCCCCCCC)c2cc(-c3ccc(/C=C4/C(=O)N(CC)C(=O)C(C#N)=C4C)s3)ccc2-c2ccc(-c3ccc(/C=C4/C(=O)N(CC)C(=O)C(C#N)=C4C)s3)cc21. The van der Waals surface area contributed by atoms with Crippen LogP contribution in [0.15, 0.2) is 94.1 Å². The van der Waals surface area contributed by atoms with E-state index in [0.29, 0.717) is 22.3 Å². The average molecular weight is 931 g/mol. The maximum absolute atomic E-state index is 13.5. The molecule has 0 bridgehead atoms. The van der Waals surface area contributed by atoms with Crippen LogP contribution in [0.3, 0.4) is 0 Å². The molecule has 7 rings (SSSR count). The van der Waals surface area contributed by atoms with Crippen molar-refractivity contribution in [3.8, 4) is 44.1 Å². The molecule has 10 heteroatoms. The lowest BCUT2D eigenvalue weighted by molar-refractivity contribution is -0.141. The Morgan fingerprint density at radius 2 is 0.910 bits per heavy atom. The van der Waals surface area contributed by atoms with Crippen molar-refractivity contribution < 1.29 is 19.2 Å². The van der Waals surface area contributed by atoms with Gasteiger partial charge in [-0.15, -0.1) is 22.7 Å². The van der Waals surface area contributed by atoms with Crippen molar-refractivity contribution in [2.24, 2.45) is 0 Å². The zero-order valence-corrected chi connectivity index (χ0v) is 41.6. The first kappa shape index (κ1) is 49.0. The van der Waals surface area contributed by atoms with E-state index in [-0.39, 0.29) is 41.5 Å². The third kappa shape index (κ3) is 9.76. The van der Waals surface area contributed by atoms with Crippen LogP contribution in [0.2, 0.25) is 0 Å². The van der Waals surface area contributed by atoms with Crippen LogP contribution in [0.1, 0.15) is 152 Å². The van der Waals surface area contributed by atoms with Crippen LogP contribution < -0.4 is 0 Å². The second-order valence-electron chi connectivity index (χ2n) is 18.1. The van der Waals surface area contributed by atoms with E-state index < -0.39 is 11.8 Å². The van der Waals surface area contributed by atoms with E-state index in [0.717, 1.165) is 66.1 Å². The Balaban J connectivity index is 1.29. The summed E-state index contributed by atoms with van der Waals surface area (Å²) in [5.41, 5.74) is 8.97. The number of imide groups is 2. The first-order chi connectivity index (χ1) is 32.5. The summed E-state index contributed by atoms with van der Waals surface area (Å²) in [7, 11) is 0. The molecule has 8 nitrogen and oxygen atoms in total. The lowest BCUT2D eigenvalue weighted by atomic mass is 9.70. The maximum Gasteiger partial charge on any atom is 0.271 e. The minimum atomic E-state index is -0.537. The van der Waals surface area contributed by atoms with Crippen LogP contribution in [0, 0.1) is 22.7 Å². The summed E-state index contributed by atoms with van der Waals surface area (Å²) in [5.74, 6) is -1.82. The van der Waals surface area contributed by atoms with Crippen LogP contribution in [-0.4, -0.2) is 46.5 Å². The molecule has 2 aromatic carbocycles. The van der Waals surface area contributed by atoms with Crippen molar-refractivity contribution in [3.63, 3.8) is 0 Å². The maximum atomic E-state index is 13.5. The van der Waals surface area contributed by atoms with Crippen LogP contribution in [0.4, 0.5) is 0 Å². The number of unbranched alkanes of at least 4 members (excludes halogenated alkanes) is 10. The second kappa shape index (κ2) is 21.8. The molecule has 0 radical (unpaired) electrons. The number of hydrogen-bond donors (Lipinski definition) is 0. The second-order valence-corrected chi connectivity index (χ2v) is 20.3. The van der Waals surface area contributed by atoms with Crippen molar-refractivity contribution in [3.05, 3.63) is 115 Å². The van der Waals surface area contributed by atoms with E-state index in [1.165, 1.54) is 86.5 Å². The van der Waals surface area contributed by atoms with Crippen LogP contribution in [0.25, 0.3) is 44.2 Å². The summed E-state index contributed by atoms with van der Waals surface area (Å²) in [4.78, 5) is 58.9. The standard InChI is InChI=1S/C57H62N4O4S2/c1-7-11-13-15-17-19-29-57(30-20-18-16-14-12-8-2)49-31-39(51-27-23-41(66-51)33-45-37(5)47(35-58)55(64)60(9-3)53(45)62)21-25-43(49)44-26-22-40(32-50(44)57)52-28-24-42(67-52)34-46-38(6)48(36-59)56(65)61(10-4)54(46)63/h21-28,31-34H,7-20,29-30H2,1-6H3/b45-33+,46-34+. The molecule has 0 spiro atoms. The van der Waals surface area contributed by atoms with Gasteiger partial charge in [-0.2, -0.15) is 10.5 Å². The number of nitriles is 2. The number of amides is 4. The highest BCUT2D eigenvalue weighted by atomic mass is 32.1. The lowest BCUT2D eigenvalue weighted by Gasteiger charge is -2.33. The van der Waals surface area contributed by atoms with Gasteiger partial charge in [0.05, 0.1) is 0 Å². The van der Waals surface area contributed by atoms with Crippen LogP contribution in [-0.2, 0) is 24.6 Å². The normalized spacial score (nSPS) is 17.0. The quantitative estimate of drug-likeness (QED) is 0.0494. The van der Waals surface area contributed by atoms with E-state index in [1.807, 2.05) is 36.4 Å². The number of thiophene rings is 2. The van der Waals surface area contributed by atoms with E-state index in [1.54, 1.807) is 50.4 Å². The molecule has 3 aliphatic rings. The topological polar surface area (TPSA) is 122 Å². The molecule has 4 heterocycles. The van der Waals surface area contributed by atoms with Gasteiger partial charge in [0.15, 0.2) is 0 Å². The molecule has 2 aromatic heterocycles. The number of carbonyl (C=O) groups is 4. The monoisotopic (exact) mass is 930 g/mol. The number of benzene rings is 2. The number of likely N-dealkylation sites (N-methyl/N-ethyl adjacent to an activating group) is 2. The summed E-state index contributed by atoms with van der Waals surface area (Å²) in [6.45, 7) is 11.8. The summed E-state index contributed by atoms with van der Waals surface area (Å²) in [6, 6.07) is 26.3. The fourth-order valence-corrected chi connectivity index (χ4v) is 12.1. The third-order valence-electron chi connectivity index (χ3n) is 14.0. The van der Waals surface area contributed by atoms with Gasteiger partial charge < -0.3 is 0 Å². The van der Waals surface area contributed by atoms with Crippen molar-refractivity contribution in [2.45, 2.75) is 137 Å². The van der Waals surface area contributed by atoms with Crippen LogP contribution >= 0.6 is 22.7 Å². The van der Waals surface area contributed by atoms with Gasteiger partial charge in [-0.1, -0.05) is 115 Å². The fraction of sp³-hybridized carbons (Fsp3) is 0.404. The molecule has 1 aliphatic carbocycles. The molecule has 4 amide bonds. The van der Waals surface area contributed by atoms with E-state index in [4.69, 9.17) is 0 Å². The van der Waals surface area contributed by atoms with Crippen molar-refractivity contribution in [2.75, 3.05) is 13.1 Å². The van der Waals surface area contributed by atoms with Crippen molar-refractivity contribution in [1.29, 1.82) is 10.5 Å². The molecular weight excluding hydrogens is 869 g/mol. The van der Waals surface area contributed by atoms with Gasteiger partial charge in [0.25, 0.3) is 23.6 Å². The van der Waals surface area contributed by atoms with Gasteiger partial charge in [0.2, 0.25) is 0 Å². The summed E-state index contributed by atoms with van der Waals surface area (Å²) >= 11 is 3.21. The number of carbonyl (C=O) groups excluding carboxylic acids is 4. The Labute approximate surface area is 405 Å². The molecule has 0 atom stereocenters. The van der Waals surface area contributed by atoms with E-state index >= 15 is 0 Å². The zero-order chi connectivity index (χ0) is 47.8. The Hall–Kier alpha value is -5.94. The molecule has 67 heavy (non-hydrogen) atoms. The number of hydrogen-bond acceptors (Lipinski definition) is 8. The number of nitrogens with zero attached hydrogens (tertiary/aromatic N) is 4. The van der Waals surface area contributed by atoms with Gasteiger partial charge in [-0.25, -0.2) is 0 Å². The molecule has 346 valence electrons. The highest BCUT2D eigenvalue weighted by Gasteiger charge is 2.43. The highest BCUT2D eigenvalue weighted by Crippen LogP contribution is 2.56. The molecule has 0 saturated heterocycles. The molecule has 0 fully saturated rings. The summed E-state index contributed by atoms with van der Waals surface area (Å²) in [5, 5.41) is 19.6. The number of fused-ring (bicyclic) bond motifs is 3. The van der Waals surface area contributed by atoms with Crippen molar-refractivity contribution >= 4 is 58.5 Å². The Kier molecular flexibility index (Phi) is 15.9. The molecular formula is C57H62N4O4S2. The van der Waals surface area contributed by atoms with Crippen LogP contribution in [0.5, 0.6) is 0 Å². The largest absolute Gasteiger partial charge is 0.274 e. The lowest BCUT2D eigenvalue weighted by Crippen LogP contribution is -2.42. The smallest absolute Gasteiger partial charge is 0.271 e.